The number of hydrogen-bond acceptors (Lipinski definition) is 0. The van der Waals surface area contributed by atoms with Gasteiger partial charge < -0.3 is 0 Å². The maximum absolute atomic E-state index is 5.14. The van der Waals surface area contributed by atoms with Crippen molar-refractivity contribution < 1.29 is 0 Å². The van der Waals surface area contributed by atoms with E-state index in [0.717, 1.165) is 12.8 Å². The minimum absolute atomic E-state index is 0.514. The van der Waals surface area contributed by atoms with Crippen LogP contribution >= 0.6 is 0 Å². The third-order valence-electron chi connectivity index (χ3n) is 1.22. The van der Waals surface area contributed by atoms with Gasteiger partial charge in [-0.1, -0.05) is 13.8 Å². The minimum atomic E-state index is 0.514. The summed E-state index contributed by atoms with van der Waals surface area (Å²) in [6, 6.07) is 0. The van der Waals surface area contributed by atoms with Crippen molar-refractivity contribution in [3.8, 4) is 12.3 Å². The molecule has 0 saturated carbocycles. The second kappa shape index (κ2) is 3.74. The highest BCUT2D eigenvalue weighted by atomic mass is 14.0. The van der Waals surface area contributed by atoms with Crippen molar-refractivity contribution >= 4 is 0 Å². The molecule has 40 valence electrons. The molecule has 0 N–H and O–H groups in total. The highest BCUT2D eigenvalue weighted by Crippen LogP contribution is 2.03. The molecule has 0 aliphatic carbocycles. The summed E-state index contributed by atoms with van der Waals surface area (Å²) < 4.78 is 0. The van der Waals surface area contributed by atoms with E-state index in [-0.39, 0.29) is 0 Å². The molecule has 0 heterocycles. The fourth-order valence-electron chi connectivity index (χ4n) is 0.524. The van der Waals surface area contributed by atoms with Crippen LogP contribution in [0.15, 0.2) is 0 Å². The van der Waals surface area contributed by atoms with Crippen LogP contribution in [0, 0.1) is 18.3 Å². The molecule has 0 aromatic rings. The van der Waals surface area contributed by atoms with E-state index in [9.17, 15) is 0 Å². The van der Waals surface area contributed by atoms with Crippen LogP contribution in [0.25, 0.3) is 0 Å². The van der Waals surface area contributed by atoms with Crippen LogP contribution < -0.4 is 0 Å². The van der Waals surface area contributed by atoms with Gasteiger partial charge in [-0.15, -0.1) is 12.3 Å². The Labute approximate surface area is 45.9 Å². The van der Waals surface area contributed by atoms with E-state index in [1.165, 1.54) is 0 Å². The van der Waals surface area contributed by atoms with Crippen LogP contribution in [0.2, 0.25) is 0 Å². The van der Waals surface area contributed by atoms with Gasteiger partial charge in [0.25, 0.3) is 0 Å². The van der Waals surface area contributed by atoms with Crippen molar-refractivity contribution in [2.75, 3.05) is 0 Å². The molecule has 0 nitrogen and oxygen atoms in total. The van der Waals surface area contributed by atoms with E-state index in [0.29, 0.717) is 5.92 Å². The van der Waals surface area contributed by atoms with Gasteiger partial charge in [-0.05, 0) is 12.8 Å². The molecule has 0 amide bonds. The molecule has 0 aromatic carbocycles. The fraction of sp³-hybridized carbons (Fsp3) is 0.714. The molecule has 0 aliphatic rings. The molecule has 7 heavy (non-hydrogen) atoms. The molecule has 0 fully saturated rings. The predicted molar refractivity (Wildman–Crippen MR) is 32.9 cm³/mol. The molecule has 0 spiro atoms. The van der Waals surface area contributed by atoms with E-state index in [4.69, 9.17) is 6.42 Å². The molecule has 0 saturated heterocycles. The zero-order chi connectivity index (χ0) is 5.70. The molecule has 0 aliphatic heterocycles. The Hall–Kier alpha value is -0.440. The predicted octanol–water partition coefficient (Wildman–Crippen LogP) is 2.06. The monoisotopic (exact) mass is 96.1 g/mol. The first-order chi connectivity index (χ1) is 3.35. The lowest BCUT2D eigenvalue weighted by atomic mass is 10.1. The van der Waals surface area contributed by atoms with E-state index in [2.05, 4.69) is 19.8 Å². The van der Waals surface area contributed by atoms with Crippen LogP contribution in [-0.2, 0) is 0 Å². The van der Waals surface area contributed by atoms with Gasteiger partial charge in [0.05, 0.1) is 0 Å². The summed E-state index contributed by atoms with van der Waals surface area (Å²) in [5.74, 6) is 3.22. The van der Waals surface area contributed by atoms with Crippen molar-refractivity contribution in [2.24, 2.45) is 5.92 Å². The van der Waals surface area contributed by atoms with Crippen molar-refractivity contribution in [1.29, 1.82) is 0 Å². The van der Waals surface area contributed by atoms with Crippen molar-refractivity contribution in [1.82, 2.24) is 0 Å². The maximum atomic E-state index is 5.14. The van der Waals surface area contributed by atoms with Gasteiger partial charge in [0, 0.05) is 5.92 Å². The average Bonchev–Trinajstić information content (AvgIpc) is 1.72. The molecule has 0 unspecified atom stereocenters. The summed E-state index contributed by atoms with van der Waals surface area (Å²) in [6.07, 6.45) is 7.38. The van der Waals surface area contributed by atoms with Gasteiger partial charge in [0.1, 0.15) is 0 Å². The Morgan fingerprint density at radius 2 is 1.86 bits per heavy atom. The molecule has 0 aromatic heterocycles. The van der Waals surface area contributed by atoms with E-state index in [1.54, 1.807) is 0 Å². The summed E-state index contributed by atoms with van der Waals surface area (Å²) in [7, 11) is 0. The molecule has 0 radical (unpaired) electrons. The Morgan fingerprint density at radius 3 is 1.86 bits per heavy atom. The summed E-state index contributed by atoms with van der Waals surface area (Å²) >= 11 is 0. The zero-order valence-electron chi connectivity index (χ0n) is 5.07. The van der Waals surface area contributed by atoms with E-state index in [1.807, 2.05) is 0 Å². The second-order valence-corrected chi connectivity index (χ2v) is 1.68. The van der Waals surface area contributed by atoms with Gasteiger partial charge in [0.15, 0.2) is 0 Å². The molecule has 0 heteroatoms. The van der Waals surface area contributed by atoms with E-state index >= 15 is 0 Å². The standard InChI is InChI=1S/C7H12/c1-4-7(5-2)6-3/h1,7H,5-6H2,2-3H3. The first-order valence-electron chi connectivity index (χ1n) is 2.81. The lowest BCUT2D eigenvalue weighted by Gasteiger charge is -1.98. The summed E-state index contributed by atoms with van der Waals surface area (Å²) in [4.78, 5) is 0. The Morgan fingerprint density at radius 1 is 1.43 bits per heavy atom. The average molecular weight is 96.2 g/mol. The highest BCUT2D eigenvalue weighted by Gasteiger charge is 1.93. The van der Waals surface area contributed by atoms with E-state index < -0.39 is 0 Å². The molecule has 0 rings (SSSR count). The molecular formula is C7H12. The summed E-state index contributed by atoms with van der Waals surface area (Å²) in [6.45, 7) is 4.24. The normalized spacial score (nSPS) is 8.86. The van der Waals surface area contributed by atoms with Gasteiger partial charge in [0.2, 0.25) is 0 Å². The number of hydrogen-bond donors (Lipinski definition) is 0. The highest BCUT2D eigenvalue weighted by molar-refractivity contribution is 4.90. The Balaban J connectivity index is 3.23. The van der Waals surface area contributed by atoms with Crippen LogP contribution in [-0.4, -0.2) is 0 Å². The van der Waals surface area contributed by atoms with Crippen LogP contribution in [0.1, 0.15) is 26.7 Å². The Bertz CT molecular complexity index is 62.6. The van der Waals surface area contributed by atoms with Crippen LogP contribution in [0.5, 0.6) is 0 Å². The largest absolute Gasteiger partial charge is 0.120 e. The van der Waals surface area contributed by atoms with Crippen molar-refractivity contribution in [2.45, 2.75) is 26.7 Å². The van der Waals surface area contributed by atoms with Gasteiger partial charge in [-0.2, -0.15) is 0 Å². The van der Waals surface area contributed by atoms with Gasteiger partial charge >= 0.3 is 0 Å². The fourth-order valence-corrected chi connectivity index (χ4v) is 0.524. The first kappa shape index (κ1) is 6.56. The second-order valence-electron chi connectivity index (χ2n) is 1.68. The SMILES string of the molecule is C#CC(CC)CC. The van der Waals surface area contributed by atoms with Crippen molar-refractivity contribution in [3.05, 3.63) is 0 Å². The lowest BCUT2D eigenvalue weighted by Crippen LogP contribution is -1.88. The molecule has 0 atom stereocenters. The Kier molecular flexibility index (Phi) is 3.50. The van der Waals surface area contributed by atoms with Gasteiger partial charge in [-0.3, -0.25) is 0 Å². The smallest absolute Gasteiger partial charge is 0.0195 e. The topological polar surface area (TPSA) is 0 Å². The zero-order valence-corrected chi connectivity index (χ0v) is 5.07. The molecular weight excluding hydrogens is 84.1 g/mol. The first-order valence-corrected chi connectivity index (χ1v) is 2.81. The van der Waals surface area contributed by atoms with Crippen LogP contribution in [0.4, 0.5) is 0 Å². The third kappa shape index (κ3) is 2.28. The molecule has 0 bridgehead atoms. The number of terminal acetylenes is 1. The lowest BCUT2D eigenvalue weighted by molar-refractivity contribution is 0.628. The minimum Gasteiger partial charge on any atom is -0.120 e. The maximum Gasteiger partial charge on any atom is 0.0195 e. The van der Waals surface area contributed by atoms with Crippen LogP contribution in [0.3, 0.4) is 0 Å². The quantitative estimate of drug-likeness (QED) is 0.461. The van der Waals surface area contributed by atoms with Crippen molar-refractivity contribution in [3.63, 3.8) is 0 Å². The number of rotatable bonds is 2. The summed E-state index contributed by atoms with van der Waals surface area (Å²) in [5, 5.41) is 0. The van der Waals surface area contributed by atoms with Gasteiger partial charge in [-0.25, -0.2) is 0 Å². The third-order valence-corrected chi connectivity index (χ3v) is 1.22. The summed E-state index contributed by atoms with van der Waals surface area (Å²) in [5.41, 5.74) is 0.